The monoisotopic (exact) mass is 251 g/mol. The van der Waals surface area contributed by atoms with Crippen molar-refractivity contribution in [3.63, 3.8) is 0 Å². The fraction of sp³-hybridized carbons (Fsp3) is 0.929. The van der Waals surface area contributed by atoms with Gasteiger partial charge in [-0.2, -0.15) is 5.26 Å². The standard InChI is InChI=1S/C14H25NOSi/c1-14(2,3)17(4,5)16-12-6-10-8-13(10)11(7-12)9-15/h10-13H,6-8H2,1-5H3. The Morgan fingerprint density at radius 1 is 1.18 bits per heavy atom. The summed E-state index contributed by atoms with van der Waals surface area (Å²) in [5.74, 6) is 1.77. The van der Waals surface area contributed by atoms with Gasteiger partial charge in [-0.15, -0.1) is 0 Å². The average Bonchev–Trinajstić information content (AvgIpc) is 2.92. The molecule has 2 fully saturated rings. The molecule has 0 aliphatic heterocycles. The molecule has 2 rings (SSSR count). The molecule has 0 bridgehead atoms. The van der Waals surface area contributed by atoms with E-state index < -0.39 is 8.32 Å². The van der Waals surface area contributed by atoms with Gasteiger partial charge in [-0.25, -0.2) is 0 Å². The number of nitriles is 1. The van der Waals surface area contributed by atoms with Crippen LogP contribution in [0.4, 0.5) is 0 Å². The summed E-state index contributed by atoms with van der Waals surface area (Å²) in [4.78, 5) is 0. The minimum absolute atomic E-state index is 0.267. The van der Waals surface area contributed by atoms with E-state index >= 15 is 0 Å². The van der Waals surface area contributed by atoms with Crippen molar-refractivity contribution in [1.82, 2.24) is 0 Å². The van der Waals surface area contributed by atoms with Gasteiger partial charge in [0, 0.05) is 6.10 Å². The van der Waals surface area contributed by atoms with Gasteiger partial charge in [0.1, 0.15) is 0 Å². The number of nitrogens with zero attached hydrogens (tertiary/aromatic N) is 1. The van der Waals surface area contributed by atoms with Gasteiger partial charge in [-0.1, -0.05) is 20.8 Å². The molecular formula is C14H25NOSi. The van der Waals surface area contributed by atoms with Gasteiger partial charge in [0.05, 0.1) is 12.0 Å². The Hall–Kier alpha value is -0.333. The van der Waals surface area contributed by atoms with Crippen LogP contribution in [0.5, 0.6) is 0 Å². The smallest absolute Gasteiger partial charge is 0.192 e. The van der Waals surface area contributed by atoms with Gasteiger partial charge in [0.15, 0.2) is 8.32 Å². The molecule has 2 aliphatic rings. The van der Waals surface area contributed by atoms with Crippen LogP contribution >= 0.6 is 0 Å². The van der Waals surface area contributed by atoms with Crippen molar-refractivity contribution in [3.8, 4) is 6.07 Å². The number of fused-ring (bicyclic) bond motifs is 1. The zero-order chi connectivity index (χ0) is 12.8. The first-order chi connectivity index (χ1) is 7.74. The van der Waals surface area contributed by atoms with Gasteiger partial charge in [0.25, 0.3) is 0 Å². The zero-order valence-corrected chi connectivity index (χ0v) is 12.8. The van der Waals surface area contributed by atoms with E-state index in [0.717, 1.165) is 12.3 Å². The van der Waals surface area contributed by atoms with Crippen LogP contribution in [0, 0.1) is 29.1 Å². The minimum Gasteiger partial charge on any atom is -0.414 e. The first kappa shape index (κ1) is 13.1. The molecule has 4 unspecified atom stereocenters. The van der Waals surface area contributed by atoms with E-state index in [1.54, 1.807) is 0 Å². The van der Waals surface area contributed by atoms with E-state index in [-0.39, 0.29) is 11.0 Å². The second-order valence-corrected chi connectivity index (χ2v) is 12.1. The lowest BCUT2D eigenvalue weighted by Gasteiger charge is -2.40. The Morgan fingerprint density at radius 2 is 1.82 bits per heavy atom. The summed E-state index contributed by atoms with van der Waals surface area (Å²) in [7, 11) is -1.66. The Morgan fingerprint density at radius 3 is 2.35 bits per heavy atom. The molecule has 17 heavy (non-hydrogen) atoms. The van der Waals surface area contributed by atoms with Crippen molar-refractivity contribution in [2.75, 3.05) is 0 Å². The summed E-state index contributed by atoms with van der Waals surface area (Å²) in [5.41, 5.74) is 0. The van der Waals surface area contributed by atoms with E-state index in [2.05, 4.69) is 39.9 Å². The van der Waals surface area contributed by atoms with Gasteiger partial charge in [0.2, 0.25) is 0 Å². The fourth-order valence-electron chi connectivity index (χ4n) is 2.76. The maximum Gasteiger partial charge on any atom is 0.192 e. The van der Waals surface area contributed by atoms with Gasteiger partial charge < -0.3 is 4.43 Å². The van der Waals surface area contributed by atoms with Crippen molar-refractivity contribution in [3.05, 3.63) is 0 Å². The van der Waals surface area contributed by atoms with Crippen LogP contribution in [0.2, 0.25) is 18.1 Å². The maximum absolute atomic E-state index is 9.17. The molecule has 0 saturated heterocycles. The number of rotatable bonds is 2. The van der Waals surface area contributed by atoms with Crippen molar-refractivity contribution in [1.29, 1.82) is 5.26 Å². The Kier molecular flexibility index (Phi) is 3.16. The van der Waals surface area contributed by atoms with Gasteiger partial charge in [-0.3, -0.25) is 0 Å². The third kappa shape index (κ3) is 2.58. The summed E-state index contributed by atoms with van der Waals surface area (Å²) < 4.78 is 6.46. The van der Waals surface area contributed by atoms with Crippen LogP contribution in [-0.2, 0) is 4.43 Å². The summed E-state index contributed by atoms with van der Waals surface area (Å²) in [6, 6.07) is 2.49. The predicted octanol–water partition coefficient (Wildman–Crippen LogP) is 3.95. The molecule has 2 aliphatic carbocycles. The molecule has 0 N–H and O–H groups in total. The van der Waals surface area contributed by atoms with Crippen LogP contribution in [0.3, 0.4) is 0 Å². The number of hydrogen-bond donors (Lipinski definition) is 0. The Balaban J connectivity index is 1.98. The zero-order valence-electron chi connectivity index (χ0n) is 11.8. The second-order valence-electron chi connectivity index (χ2n) is 7.37. The Labute approximate surface area is 106 Å². The lowest BCUT2D eigenvalue weighted by Crippen LogP contribution is -2.45. The van der Waals surface area contributed by atoms with Gasteiger partial charge in [-0.05, 0) is 49.2 Å². The predicted molar refractivity (Wildman–Crippen MR) is 72.0 cm³/mol. The molecular weight excluding hydrogens is 226 g/mol. The van der Waals surface area contributed by atoms with Crippen molar-refractivity contribution in [2.24, 2.45) is 17.8 Å². The molecule has 0 amide bonds. The highest BCUT2D eigenvalue weighted by Gasteiger charge is 2.50. The molecule has 0 aromatic rings. The van der Waals surface area contributed by atoms with E-state index in [1.807, 2.05) is 0 Å². The van der Waals surface area contributed by atoms with E-state index in [4.69, 9.17) is 9.69 Å². The minimum atomic E-state index is -1.66. The molecule has 96 valence electrons. The molecule has 0 heterocycles. The highest BCUT2D eigenvalue weighted by Crippen LogP contribution is 2.54. The average molecular weight is 251 g/mol. The Bertz CT molecular complexity index is 339. The SMILES string of the molecule is CC(C)(C)[Si](C)(C)OC1CC(C#N)C2CC2C1. The van der Waals surface area contributed by atoms with Gasteiger partial charge >= 0.3 is 0 Å². The van der Waals surface area contributed by atoms with E-state index in [0.29, 0.717) is 12.0 Å². The normalized spacial score (nSPS) is 37.2. The molecule has 2 saturated carbocycles. The quantitative estimate of drug-likeness (QED) is 0.696. The molecule has 3 heteroatoms. The topological polar surface area (TPSA) is 33.0 Å². The summed E-state index contributed by atoms with van der Waals surface area (Å²) >= 11 is 0. The second kappa shape index (κ2) is 4.10. The van der Waals surface area contributed by atoms with Crippen LogP contribution < -0.4 is 0 Å². The van der Waals surface area contributed by atoms with Crippen LogP contribution in [0.15, 0.2) is 0 Å². The summed E-state index contributed by atoms with van der Waals surface area (Å²) in [5, 5.41) is 9.44. The first-order valence-electron chi connectivity index (χ1n) is 6.82. The largest absolute Gasteiger partial charge is 0.414 e. The molecule has 0 spiro atoms. The first-order valence-corrected chi connectivity index (χ1v) is 9.73. The number of hydrogen-bond acceptors (Lipinski definition) is 2. The highest BCUT2D eigenvalue weighted by molar-refractivity contribution is 6.74. The van der Waals surface area contributed by atoms with Crippen molar-refractivity contribution >= 4 is 8.32 Å². The van der Waals surface area contributed by atoms with E-state index in [9.17, 15) is 0 Å². The molecule has 4 atom stereocenters. The van der Waals surface area contributed by atoms with Crippen molar-refractivity contribution in [2.45, 2.75) is 64.3 Å². The molecule has 0 aromatic carbocycles. The maximum atomic E-state index is 9.17. The lowest BCUT2D eigenvalue weighted by atomic mass is 9.88. The molecule has 2 nitrogen and oxygen atoms in total. The van der Waals surface area contributed by atoms with Crippen molar-refractivity contribution < 1.29 is 4.43 Å². The lowest BCUT2D eigenvalue weighted by molar-refractivity contribution is 0.117. The molecule has 0 aromatic heterocycles. The molecule has 0 radical (unpaired) electrons. The van der Waals surface area contributed by atoms with Crippen LogP contribution in [0.25, 0.3) is 0 Å². The van der Waals surface area contributed by atoms with Crippen LogP contribution in [0.1, 0.15) is 40.0 Å². The summed E-state index contributed by atoms with van der Waals surface area (Å²) in [6.45, 7) is 11.5. The fourth-order valence-corrected chi connectivity index (χ4v) is 4.14. The third-order valence-electron chi connectivity index (χ3n) is 5.01. The summed E-state index contributed by atoms with van der Waals surface area (Å²) in [6.07, 6.45) is 3.80. The highest BCUT2D eigenvalue weighted by atomic mass is 28.4. The van der Waals surface area contributed by atoms with E-state index in [1.165, 1.54) is 12.8 Å². The third-order valence-corrected chi connectivity index (χ3v) is 9.54. The van der Waals surface area contributed by atoms with Crippen LogP contribution in [-0.4, -0.2) is 14.4 Å².